The summed E-state index contributed by atoms with van der Waals surface area (Å²) in [5, 5.41) is 3.10. The van der Waals surface area contributed by atoms with Gasteiger partial charge in [-0.25, -0.2) is 0 Å². The number of carbonyl (C=O) groups is 2. The van der Waals surface area contributed by atoms with Crippen molar-refractivity contribution in [3.05, 3.63) is 108 Å². The molecule has 202 valence electrons. The van der Waals surface area contributed by atoms with Crippen LogP contribution in [0.3, 0.4) is 0 Å². The molecule has 2 amide bonds. The van der Waals surface area contributed by atoms with Gasteiger partial charge in [-0.2, -0.15) is 0 Å². The van der Waals surface area contributed by atoms with Gasteiger partial charge in [0, 0.05) is 42.8 Å². The summed E-state index contributed by atoms with van der Waals surface area (Å²) in [6.07, 6.45) is 0. The number of nitrogens with one attached hydrogen (secondary N) is 1. The minimum Gasteiger partial charge on any atom is -0.497 e. The van der Waals surface area contributed by atoms with Crippen molar-refractivity contribution in [1.82, 2.24) is 0 Å². The molecule has 0 saturated carbocycles. The number of methoxy groups -OCH3 is 1. The standard InChI is InChI=1S/C32H29N3O5/c1-34(2)22-12-10-21(11-13-22)33-31(36)29-25-6-4-5-7-26(25)32(37)35(23-14-17-27-28(18-23)40-19-39-27)30(29)20-8-15-24(38-3)16-9-20/h4-18,29-30H,19H2,1-3H3,(H,33,36)/t29-,30-/m0/s1. The number of hydrogen-bond donors (Lipinski definition) is 1. The fraction of sp³-hybridized carbons (Fsp3) is 0.188. The van der Waals surface area contributed by atoms with Crippen molar-refractivity contribution >= 4 is 28.9 Å². The van der Waals surface area contributed by atoms with E-state index in [4.69, 9.17) is 14.2 Å². The topological polar surface area (TPSA) is 80.3 Å². The number of carbonyl (C=O) groups excluding carboxylic acids is 2. The van der Waals surface area contributed by atoms with Crippen molar-refractivity contribution in [2.24, 2.45) is 0 Å². The van der Waals surface area contributed by atoms with Gasteiger partial charge in [0.1, 0.15) is 5.75 Å². The predicted molar refractivity (Wildman–Crippen MR) is 154 cm³/mol. The van der Waals surface area contributed by atoms with Crippen molar-refractivity contribution in [3.8, 4) is 17.2 Å². The monoisotopic (exact) mass is 535 g/mol. The highest BCUT2D eigenvalue weighted by molar-refractivity contribution is 6.12. The highest BCUT2D eigenvalue weighted by Gasteiger charge is 2.45. The first kappa shape index (κ1) is 25.3. The fourth-order valence-corrected chi connectivity index (χ4v) is 5.34. The summed E-state index contributed by atoms with van der Waals surface area (Å²) in [6, 6.07) is 27.2. The summed E-state index contributed by atoms with van der Waals surface area (Å²) in [5.74, 6) is 0.729. The quantitative estimate of drug-likeness (QED) is 0.346. The van der Waals surface area contributed by atoms with Crippen LogP contribution in [-0.4, -0.2) is 39.8 Å². The molecule has 0 aromatic heterocycles. The summed E-state index contributed by atoms with van der Waals surface area (Å²) in [7, 11) is 5.54. The summed E-state index contributed by atoms with van der Waals surface area (Å²) in [6.45, 7) is 0.120. The van der Waals surface area contributed by atoms with Gasteiger partial charge in [0.05, 0.1) is 19.1 Å². The molecule has 8 nitrogen and oxygen atoms in total. The van der Waals surface area contributed by atoms with Gasteiger partial charge in [-0.3, -0.25) is 14.5 Å². The molecule has 8 heteroatoms. The maximum atomic E-state index is 14.2. The second kappa shape index (κ2) is 10.3. The third-order valence-corrected chi connectivity index (χ3v) is 7.36. The van der Waals surface area contributed by atoms with E-state index < -0.39 is 12.0 Å². The first-order valence-corrected chi connectivity index (χ1v) is 13.0. The number of anilines is 3. The van der Waals surface area contributed by atoms with Gasteiger partial charge in [0.2, 0.25) is 12.7 Å². The summed E-state index contributed by atoms with van der Waals surface area (Å²) < 4.78 is 16.5. The molecule has 0 spiro atoms. The van der Waals surface area contributed by atoms with Gasteiger partial charge < -0.3 is 24.4 Å². The van der Waals surface area contributed by atoms with E-state index >= 15 is 0 Å². The van der Waals surface area contributed by atoms with Crippen LogP contribution in [0.15, 0.2) is 91.0 Å². The molecular weight excluding hydrogens is 506 g/mol. The number of rotatable bonds is 6. The molecule has 0 unspecified atom stereocenters. The maximum absolute atomic E-state index is 14.2. The Morgan fingerprint density at radius 1 is 0.925 bits per heavy atom. The van der Waals surface area contributed by atoms with Crippen LogP contribution in [0.2, 0.25) is 0 Å². The smallest absolute Gasteiger partial charge is 0.259 e. The second-order valence-corrected chi connectivity index (χ2v) is 9.93. The Morgan fingerprint density at radius 2 is 1.65 bits per heavy atom. The van der Waals surface area contributed by atoms with E-state index in [1.54, 1.807) is 30.2 Å². The van der Waals surface area contributed by atoms with Gasteiger partial charge in [-0.05, 0) is 65.7 Å². The molecule has 40 heavy (non-hydrogen) atoms. The van der Waals surface area contributed by atoms with Gasteiger partial charge >= 0.3 is 0 Å². The largest absolute Gasteiger partial charge is 0.497 e. The second-order valence-electron chi connectivity index (χ2n) is 9.93. The summed E-state index contributed by atoms with van der Waals surface area (Å²) in [4.78, 5) is 32.0. The van der Waals surface area contributed by atoms with Gasteiger partial charge in [-0.1, -0.05) is 30.3 Å². The Kier molecular flexibility index (Phi) is 6.51. The average Bonchev–Trinajstić information content (AvgIpc) is 3.45. The van der Waals surface area contributed by atoms with Crippen LogP contribution in [0.1, 0.15) is 33.4 Å². The molecule has 4 aromatic rings. The lowest BCUT2D eigenvalue weighted by Crippen LogP contribution is -2.46. The molecule has 0 saturated heterocycles. The molecule has 0 bridgehead atoms. The van der Waals surface area contributed by atoms with Crippen molar-refractivity contribution in [2.45, 2.75) is 12.0 Å². The van der Waals surface area contributed by atoms with Crippen LogP contribution in [-0.2, 0) is 4.79 Å². The maximum Gasteiger partial charge on any atom is 0.259 e. The van der Waals surface area contributed by atoms with Gasteiger partial charge in [-0.15, -0.1) is 0 Å². The van der Waals surface area contributed by atoms with E-state index in [1.807, 2.05) is 91.8 Å². The van der Waals surface area contributed by atoms with Crippen LogP contribution in [0.5, 0.6) is 17.2 Å². The molecule has 6 rings (SSSR count). The summed E-state index contributed by atoms with van der Waals surface area (Å²) >= 11 is 0. The molecule has 2 heterocycles. The van der Waals surface area contributed by atoms with E-state index in [9.17, 15) is 9.59 Å². The Labute approximate surface area is 232 Å². The van der Waals surface area contributed by atoms with E-state index in [2.05, 4.69) is 5.32 Å². The Morgan fingerprint density at radius 3 is 2.38 bits per heavy atom. The van der Waals surface area contributed by atoms with Crippen molar-refractivity contribution < 1.29 is 23.8 Å². The minimum absolute atomic E-state index is 0.120. The molecule has 0 radical (unpaired) electrons. The minimum atomic E-state index is -0.707. The normalized spacial score (nSPS) is 17.3. The zero-order chi connectivity index (χ0) is 27.8. The van der Waals surface area contributed by atoms with Crippen molar-refractivity contribution in [3.63, 3.8) is 0 Å². The fourth-order valence-electron chi connectivity index (χ4n) is 5.34. The van der Waals surface area contributed by atoms with Crippen molar-refractivity contribution in [2.75, 3.05) is 43.1 Å². The van der Waals surface area contributed by atoms with Gasteiger partial charge in [0.15, 0.2) is 11.5 Å². The third kappa shape index (κ3) is 4.47. The molecular formula is C32H29N3O5. The van der Waals surface area contributed by atoms with E-state index in [0.717, 1.165) is 11.3 Å². The molecule has 4 aromatic carbocycles. The number of fused-ring (bicyclic) bond motifs is 2. The number of hydrogen-bond acceptors (Lipinski definition) is 6. The molecule has 2 atom stereocenters. The first-order chi connectivity index (χ1) is 19.4. The van der Waals surface area contributed by atoms with Crippen LogP contribution in [0.25, 0.3) is 0 Å². The zero-order valence-electron chi connectivity index (χ0n) is 22.5. The number of amides is 2. The van der Waals surface area contributed by atoms with E-state index in [0.29, 0.717) is 39.8 Å². The third-order valence-electron chi connectivity index (χ3n) is 7.36. The lowest BCUT2D eigenvalue weighted by atomic mass is 9.78. The van der Waals surface area contributed by atoms with E-state index in [-0.39, 0.29) is 18.6 Å². The average molecular weight is 536 g/mol. The van der Waals surface area contributed by atoms with E-state index in [1.165, 1.54) is 0 Å². The lowest BCUT2D eigenvalue weighted by Gasteiger charge is -2.42. The highest BCUT2D eigenvalue weighted by Crippen LogP contribution is 2.47. The first-order valence-electron chi connectivity index (χ1n) is 13.0. The Bertz CT molecular complexity index is 1570. The van der Waals surface area contributed by atoms with Crippen LogP contribution in [0, 0.1) is 0 Å². The van der Waals surface area contributed by atoms with Crippen molar-refractivity contribution in [1.29, 1.82) is 0 Å². The Hall–Kier alpha value is -4.98. The lowest BCUT2D eigenvalue weighted by molar-refractivity contribution is -0.118. The van der Waals surface area contributed by atoms with Crippen LogP contribution >= 0.6 is 0 Å². The van der Waals surface area contributed by atoms with Gasteiger partial charge in [0.25, 0.3) is 5.91 Å². The molecule has 2 aliphatic rings. The predicted octanol–water partition coefficient (Wildman–Crippen LogP) is 5.61. The number of ether oxygens (including phenoxy) is 3. The Balaban J connectivity index is 1.48. The highest BCUT2D eigenvalue weighted by atomic mass is 16.7. The SMILES string of the molecule is COc1ccc([C@H]2[C@@H](C(=O)Nc3ccc(N(C)C)cc3)c3ccccc3C(=O)N2c2ccc3c(c2)OCO3)cc1. The summed E-state index contributed by atoms with van der Waals surface area (Å²) in [5.41, 5.74) is 4.26. The van der Waals surface area contributed by atoms with Crippen LogP contribution in [0.4, 0.5) is 17.1 Å². The number of benzene rings is 4. The number of nitrogens with zero attached hydrogens (tertiary/aromatic N) is 2. The molecule has 1 N–H and O–H groups in total. The molecule has 0 fully saturated rings. The zero-order valence-corrected chi connectivity index (χ0v) is 22.5. The molecule has 2 aliphatic heterocycles. The van der Waals surface area contributed by atoms with Crippen LogP contribution < -0.4 is 29.3 Å². The molecule has 0 aliphatic carbocycles.